The number of nitrogens with one attached hydrogen (secondary N) is 1. The minimum absolute atomic E-state index is 0.0440. The van der Waals surface area contributed by atoms with Crippen LogP contribution in [-0.4, -0.2) is 24.4 Å². The van der Waals surface area contributed by atoms with Crippen LogP contribution in [0.25, 0.3) is 0 Å². The van der Waals surface area contributed by atoms with E-state index in [1.807, 2.05) is 63.2 Å². The van der Waals surface area contributed by atoms with Gasteiger partial charge >= 0.3 is 0 Å². The van der Waals surface area contributed by atoms with Gasteiger partial charge in [0, 0.05) is 17.8 Å². The van der Waals surface area contributed by atoms with E-state index in [0.29, 0.717) is 18.5 Å². The van der Waals surface area contributed by atoms with E-state index in [0.717, 1.165) is 22.4 Å². The van der Waals surface area contributed by atoms with Crippen molar-refractivity contribution in [3.8, 4) is 0 Å². The molecule has 2 amide bonds. The van der Waals surface area contributed by atoms with Crippen LogP contribution in [-0.2, 0) is 4.79 Å². The van der Waals surface area contributed by atoms with Gasteiger partial charge in [0.25, 0.3) is 5.91 Å². The molecule has 1 saturated heterocycles. The van der Waals surface area contributed by atoms with Gasteiger partial charge in [0.2, 0.25) is 5.91 Å². The summed E-state index contributed by atoms with van der Waals surface area (Å²) in [6.45, 7) is 6.50. The molecule has 0 bridgehead atoms. The molecule has 1 atom stereocenters. The molecule has 0 radical (unpaired) electrons. The van der Waals surface area contributed by atoms with Crippen LogP contribution in [0.15, 0.2) is 42.5 Å². The number of nitrogens with zero attached hydrogens (tertiary/aromatic N) is 1. The minimum Gasteiger partial charge on any atom is -0.340 e. The van der Waals surface area contributed by atoms with E-state index in [2.05, 4.69) is 5.32 Å². The first-order valence-electron chi connectivity index (χ1n) is 8.22. The number of anilines is 1. The van der Waals surface area contributed by atoms with Gasteiger partial charge in [-0.25, -0.2) is 0 Å². The molecular weight excluding hydrogens is 300 g/mol. The molecule has 0 aromatic heterocycles. The number of rotatable bonds is 3. The third kappa shape index (κ3) is 3.18. The first-order chi connectivity index (χ1) is 11.5. The molecular formula is C20H22N2O2. The summed E-state index contributed by atoms with van der Waals surface area (Å²) in [4.78, 5) is 26.9. The molecule has 1 fully saturated rings. The quantitative estimate of drug-likeness (QED) is 0.944. The molecule has 24 heavy (non-hydrogen) atoms. The van der Waals surface area contributed by atoms with Gasteiger partial charge in [-0.05, 0) is 51.0 Å². The number of aryl methyl sites for hydroxylation is 3. The Balaban J connectivity index is 1.72. The second kappa shape index (κ2) is 6.48. The largest absolute Gasteiger partial charge is 0.340 e. The predicted molar refractivity (Wildman–Crippen MR) is 95.3 cm³/mol. The van der Waals surface area contributed by atoms with Crippen LogP contribution in [0.2, 0.25) is 0 Å². The van der Waals surface area contributed by atoms with E-state index < -0.39 is 6.04 Å². The van der Waals surface area contributed by atoms with Crippen LogP contribution in [0.1, 0.15) is 33.5 Å². The van der Waals surface area contributed by atoms with Crippen molar-refractivity contribution >= 4 is 17.5 Å². The Labute approximate surface area is 142 Å². The molecule has 1 aliphatic rings. The van der Waals surface area contributed by atoms with Crippen molar-refractivity contribution in [1.82, 2.24) is 5.32 Å². The summed E-state index contributed by atoms with van der Waals surface area (Å²) in [6.07, 6.45) is 0.628. The van der Waals surface area contributed by atoms with Crippen molar-refractivity contribution in [2.75, 3.05) is 11.4 Å². The highest BCUT2D eigenvalue weighted by Gasteiger charge is 2.33. The van der Waals surface area contributed by atoms with Gasteiger partial charge in [-0.15, -0.1) is 0 Å². The van der Waals surface area contributed by atoms with Crippen LogP contribution in [0.4, 0.5) is 5.69 Å². The van der Waals surface area contributed by atoms with Crippen LogP contribution < -0.4 is 10.2 Å². The summed E-state index contributed by atoms with van der Waals surface area (Å²) in [5.41, 5.74) is 4.62. The van der Waals surface area contributed by atoms with E-state index in [-0.39, 0.29) is 11.8 Å². The van der Waals surface area contributed by atoms with Gasteiger partial charge < -0.3 is 10.2 Å². The summed E-state index contributed by atoms with van der Waals surface area (Å²) >= 11 is 0. The summed E-state index contributed by atoms with van der Waals surface area (Å²) < 4.78 is 0. The molecule has 1 unspecified atom stereocenters. The lowest BCUT2D eigenvalue weighted by molar-refractivity contribution is -0.118. The topological polar surface area (TPSA) is 49.4 Å². The van der Waals surface area contributed by atoms with Crippen LogP contribution in [0.5, 0.6) is 0 Å². The fraction of sp³-hybridized carbons (Fsp3) is 0.300. The van der Waals surface area contributed by atoms with Crippen LogP contribution in [0, 0.1) is 20.8 Å². The SMILES string of the molecule is Cc1ccc(N2CCC(NC(=O)c3cc(C)ccc3C)C2=O)cc1. The van der Waals surface area contributed by atoms with Gasteiger partial charge in [-0.1, -0.05) is 35.4 Å². The first-order valence-corrected chi connectivity index (χ1v) is 8.22. The van der Waals surface area contributed by atoms with Gasteiger partial charge in [-0.3, -0.25) is 9.59 Å². The number of carbonyl (C=O) groups excluding carboxylic acids is 2. The van der Waals surface area contributed by atoms with Crippen LogP contribution >= 0.6 is 0 Å². The average Bonchev–Trinajstić information content (AvgIpc) is 2.91. The smallest absolute Gasteiger partial charge is 0.252 e. The van der Waals surface area contributed by atoms with E-state index in [9.17, 15) is 9.59 Å². The Morgan fingerprint density at radius 2 is 1.71 bits per heavy atom. The van der Waals surface area contributed by atoms with Crippen molar-refractivity contribution in [2.24, 2.45) is 0 Å². The monoisotopic (exact) mass is 322 g/mol. The Morgan fingerprint density at radius 1 is 1.04 bits per heavy atom. The predicted octanol–water partition coefficient (Wildman–Crippen LogP) is 3.15. The van der Waals surface area contributed by atoms with Crippen molar-refractivity contribution < 1.29 is 9.59 Å². The molecule has 2 aromatic rings. The van der Waals surface area contributed by atoms with Crippen molar-refractivity contribution in [2.45, 2.75) is 33.2 Å². The maximum Gasteiger partial charge on any atom is 0.252 e. The lowest BCUT2D eigenvalue weighted by atomic mass is 10.0. The molecule has 1 aliphatic heterocycles. The highest BCUT2D eigenvalue weighted by atomic mass is 16.2. The van der Waals surface area contributed by atoms with E-state index in [1.165, 1.54) is 0 Å². The molecule has 0 saturated carbocycles. The number of amides is 2. The van der Waals surface area contributed by atoms with E-state index in [4.69, 9.17) is 0 Å². The highest BCUT2D eigenvalue weighted by Crippen LogP contribution is 2.22. The fourth-order valence-electron chi connectivity index (χ4n) is 3.01. The summed E-state index contributed by atoms with van der Waals surface area (Å²) in [5, 5.41) is 2.89. The Hall–Kier alpha value is -2.62. The molecule has 0 aliphatic carbocycles. The van der Waals surface area contributed by atoms with Gasteiger partial charge in [0.05, 0.1) is 0 Å². The molecule has 3 rings (SSSR count). The standard InChI is InChI=1S/C20H22N2O2/c1-13-5-8-16(9-6-13)22-11-10-18(20(22)24)21-19(23)17-12-14(2)4-7-15(17)3/h4-9,12,18H,10-11H2,1-3H3,(H,21,23). The molecule has 0 spiro atoms. The number of hydrogen-bond acceptors (Lipinski definition) is 2. The van der Waals surface area contributed by atoms with Crippen molar-refractivity contribution in [1.29, 1.82) is 0 Å². The Morgan fingerprint density at radius 3 is 2.42 bits per heavy atom. The Kier molecular flexibility index (Phi) is 4.38. The fourth-order valence-corrected chi connectivity index (χ4v) is 3.01. The maximum absolute atomic E-state index is 12.6. The van der Waals surface area contributed by atoms with E-state index in [1.54, 1.807) is 4.90 Å². The summed E-state index contributed by atoms with van der Waals surface area (Å²) in [5.74, 6) is -0.224. The van der Waals surface area contributed by atoms with Crippen molar-refractivity contribution in [3.05, 3.63) is 64.7 Å². The zero-order valence-electron chi connectivity index (χ0n) is 14.3. The van der Waals surface area contributed by atoms with Gasteiger partial charge in [0.1, 0.15) is 6.04 Å². The molecule has 1 N–H and O–H groups in total. The third-order valence-corrected chi connectivity index (χ3v) is 4.49. The molecule has 124 valence electrons. The summed E-state index contributed by atoms with van der Waals surface area (Å²) in [7, 11) is 0. The van der Waals surface area contributed by atoms with Crippen LogP contribution in [0.3, 0.4) is 0 Å². The lowest BCUT2D eigenvalue weighted by Crippen LogP contribution is -2.41. The average molecular weight is 322 g/mol. The van der Waals surface area contributed by atoms with E-state index >= 15 is 0 Å². The Bertz CT molecular complexity index is 781. The normalized spacial score (nSPS) is 17.2. The second-order valence-corrected chi connectivity index (χ2v) is 6.46. The maximum atomic E-state index is 12.6. The minimum atomic E-state index is -0.460. The molecule has 1 heterocycles. The number of hydrogen-bond donors (Lipinski definition) is 1. The van der Waals surface area contributed by atoms with Gasteiger partial charge in [-0.2, -0.15) is 0 Å². The molecule has 4 nitrogen and oxygen atoms in total. The van der Waals surface area contributed by atoms with Crippen molar-refractivity contribution in [3.63, 3.8) is 0 Å². The first kappa shape index (κ1) is 16.2. The zero-order chi connectivity index (χ0) is 17.3. The third-order valence-electron chi connectivity index (χ3n) is 4.49. The highest BCUT2D eigenvalue weighted by molar-refractivity contribution is 6.04. The lowest BCUT2D eigenvalue weighted by Gasteiger charge is -2.18. The molecule has 2 aromatic carbocycles. The zero-order valence-corrected chi connectivity index (χ0v) is 14.3. The van der Waals surface area contributed by atoms with Gasteiger partial charge in [0.15, 0.2) is 0 Å². The number of carbonyl (C=O) groups is 2. The number of benzene rings is 2. The summed E-state index contributed by atoms with van der Waals surface area (Å²) in [6, 6.07) is 13.2. The molecule has 4 heteroatoms. The second-order valence-electron chi connectivity index (χ2n) is 6.46.